The Bertz CT molecular complexity index is 671. The zero-order valence-corrected chi connectivity index (χ0v) is 14.5. The van der Waals surface area contributed by atoms with E-state index in [1.807, 2.05) is 0 Å². The fourth-order valence-corrected chi connectivity index (χ4v) is 3.07. The smallest absolute Gasteiger partial charge is 0.387 e. The zero-order valence-electron chi connectivity index (χ0n) is 14.5. The van der Waals surface area contributed by atoms with Gasteiger partial charge in [-0.1, -0.05) is 0 Å². The molecule has 1 aliphatic heterocycles. The van der Waals surface area contributed by atoms with Crippen LogP contribution in [0.2, 0.25) is 0 Å². The molecule has 1 aromatic carbocycles. The van der Waals surface area contributed by atoms with Gasteiger partial charge in [0.15, 0.2) is 11.5 Å². The van der Waals surface area contributed by atoms with E-state index in [1.54, 1.807) is 4.90 Å². The zero-order chi connectivity index (χ0) is 18.7. The lowest BCUT2D eigenvalue weighted by Gasteiger charge is -2.32. The number of methoxy groups -OCH3 is 1. The average Bonchev–Trinajstić information content (AvgIpc) is 3.46. The molecule has 1 saturated carbocycles. The highest BCUT2D eigenvalue weighted by atomic mass is 19.3. The summed E-state index contributed by atoms with van der Waals surface area (Å²) in [4.78, 5) is 26.1. The Morgan fingerprint density at radius 1 is 1.15 bits per heavy atom. The van der Waals surface area contributed by atoms with Crippen molar-refractivity contribution in [2.45, 2.75) is 38.3 Å². The SMILES string of the molecule is COc1ccc(C(=O)N2CCC(NC(=O)C3CC3)CC2)cc1OC(F)F. The lowest BCUT2D eigenvalue weighted by molar-refractivity contribution is -0.123. The van der Waals surface area contributed by atoms with Crippen molar-refractivity contribution in [2.24, 2.45) is 5.92 Å². The van der Waals surface area contributed by atoms with Crippen molar-refractivity contribution < 1.29 is 27.8 Å². The number of hydrogen-bond acceptors (Lipinski definition) is 4. The molecule has 0 spiro atoms. The Kier molecular flexibility index (Phi) is 5.58. The second-order valence-electron chi connectivity index (χ2n) is 6.59. The van der Waals surface area contributed by atoms with Crippen molar-refractivity contribution in [1.82, 2.24) is 10.2 Å². The predicted octanol–water partition coefficient (Wildman–Crippen LogP) is 2.43. The van der Waals surface area contributed by atoms with Crippen LogP contribution in [-0.2, 0) is 4.79 Å². The molecule has 0 aromatic heterocycles. The van der Waals surface area contributed by atoms with E-state index in [1.165, 1.54) is 25.3 Å². The van der Waals surface area contributed by atoms with Crippen LogP contribution >= 0.6 is 0 Å². The molecule has 26 heavy (non-hydrogen) atoms. The van der Waals surface area contributed by atoms with Gasteiger partial charge in [0.05, 0.1) is 7.11 Å². The molecule has 0 unspecified atom stereocenters. The standard InChI is InChI=1S/C18H22F2N2O4/c1-25-14-5-4-12(10-15(14)26-18(19)20)17(24)22-8-6-13(7-9-22)21-16(23)11-2-3-11/h4-5,10-11,13,18H,2-3,6-9H2,1H3,(H,21,23). The minimum Gasteiger partial charge on any atom is -0.493 e. The number of amides is 2. The van der Waals surface area contributed by atoms with E-state index >= 15 is 0 Å². The molecule has 8 heteroatoms. The Morgan fingerprint density at radius 2 is 1.85 bits per heavy atom. The van der Waals surface area contributed by atoms with Crippen LogP contribution in [0.25, 0.3) is 0 Å². The third-order valence-electron chi connectivity index (χ3n) is 4.70. The number of ether oxygens (including phenoxy) is 2. The van der Waals surface area contributed by atoms with Crippen molar-refractivity contribution in [2.75, 3.05) is 20.2 Å². The molecular formula is C18H22F2N2O4. The minimum atomic E-state index is -3.00. The Labute approximate surface area is 150 Å². The molecule has 2 fully saturated rings. The summed E-state index contributed by atoms with van der Waals surface area (Å²) in [6, 6.07) is 4.32. The van der Waals surface area contributed by atoms with Crippen LogP contribution in [0.15, 0.2) is 18.2 Å². The predicted molar refractivity (Wildman–Crippen MR) is 89.4 cm³/mol. The number of halogens is 2. The molecule has 1 aromatic rings. The molecular weight excluding hydrogens is 346 g/mol. The number of nitrogens with one attached hydrogen (secondary N) is 1. The number of rotatable bonds is 6. The van der Waals surface area contributed by atoms with Gasteiger partial charge in [-0.15, -0.1) is 0 Å². The second kappa shape index (κ2) is 7.88. The lowest BCUT2D eigenvalue weighted by Crippen LogP contribution is -2.46. The van der Waals surface area contributed by atoms with Gasteiger partial charge >= 0.3 is 6.61 Å². The largest absolute Gasteiger partial charge is 0.493 e. The fraction of sp³-hybridized carbons (Fsp3) is 0.556. The van der Waals surface area contributed by atoms with Gasteiger partial charge in [-0.05, 0) is 43.9 Å². The Hall–Kier alpha value is -2.38. The number of likely N-dealkylation sites (tertiary alicyclic amines) is 1. The van der Waals surface area contributed by atoms with Gasteiger partial charge in [0.2, 0.25) is 5.91 Å². The van der Waals surface area contributed by atoms with E-state index in [0.29, 0.717) is 25.9 Å². The molecule has 6 nitrogen and oxygen atoms in total. The summed E-state index contributed by atoms with van der Waals surface area (Å²) >= 11 is 0. The number of carbonyl (C=O) groups is 2. The number of benzene rings is 1. The van der Waals surface area contributed by atoms with Crippen LogP contribution in [0.4, 0.5) is 8.78 Å². The lowest BCUT2D eigenvalue weighted by atomic mass is 10.0. The molecule has 2 amide bonds. The first-order chi connectivity index (χ1) is 12.5. The summed E-state index contributed by atoms with van der Waals surface area (Å²) in [6.45, 7) is -1.99. The van der Waals surface area contributed by atoms with E-state index in [0.717, 1.165) is 12.8 Å². The van der Waals surface area contributed by atoms with E-state index in [4.69, 9.17) is 4.74 Å². The first-order valence-corrected chi connectivity index (χ1v) is 8.70. The maximum Gasteiger partial charge on any atom is 0.387 e. The number of alkyl halides is 2. The van der Waals surface area contributed by atoms with Gasteiger partial charge in [-0.2, -0.15) is 8.78 Å². The maximum absolute atomic E-state index is 12.6. The monoisotopic (exact) mass is 368 g/mol. The molecule has 3 rings (SSSR count). The molecule has 1 heterocycles. The normalized spacial score (nSPS) is 17.9. The third kappa shape index (κ3) is 4.42. The van der Waals surface area contributed by atoms with Crippen LogP contribution in [0, 0.1) is 5.92 Å². The van der Waals surface area contributed by atoms with Crippen LogP contribution in [0.1, 0.15) is 36.0 Å². The molecule has 142 valence electrons. The highest BCUT2D eigenvalue weighted by molar-refractivity contribution is 5.95. The van der Waals surface area contributed by atoms with Crippen molar-refractivity contribution in [3.63, 3.8) is 0 Å². The number of piperidine rings is 1. The summed E-state index contributed by atoms with van der Waals surface area (Å²) < 4.78 is 34.5. The third-order valence-corrected chi connectivity index (χ3v) is 4.70. The minimum absolute atomic E-state index is 0.0840. The Balaban J connectivity index is 1.60. The summed E-state index contributed by atoms with van der Waals surface area (Å²) in [7, 11) is 1.34. The molecule has 1 N–H and O–H groups in total. The van der Waals surface area contributed by atoms with Gasteiger partial charge in [0, 0.05) is 30.6 Å². The molecule has 0 radical (unpaired) electrons. The van der Waals surface area contributed by atoms with Crippen LogP contribution in [0.5, 0.6) is 11.5 Å². The molecule has 1 aliphatic carbocycles. The van der Waals surface area contributed by atoms with Crippen LogP contribution < -0.4 is 14.8 Å². The summed E-state index contributed by atoms with van der Waals surface area (Å²) in [6.07, 6.45) is 3.29. The first kappa shape index (κ1) is 18.4. The number of nitrogens with zero attached hydrogens (tertiary/aromatic N) is 1. The highest BCUT2D eigenvalue weighted by Crippen LogP contribution is 2.31. The second-order valence-corrected chi connectivity index (χ2v) is 6.59. The van der Waals surface area contributed by atoms with Gasteiger partial charge < -0.3 is 19.7 Å². The first-order valence-electron chi connectivity index (χ1n) is 8.70. The van der Waals surface area contributed by atoms with Gasteiger partial charge in [-0.3, -0.25) is 9.59 Å². The van der Waals surface area contributed by atoms with Crippen LogP contribution in [0.3, 0.4) is 0 Å². The summed E-state index contributed by atoms with van der Waals surface area (Å²) in [5, 5.41) is 3.03. The number of hydrogen-bond donors (Lipinski definition) is 1. The van der Waals surface area contributed by atoms with E-state index in [9.17, 15) is 18.4 Å². The van der Waals surface area contributed by atoms with Crippen molar-refractivity contribution >= 4 is 11.8 Å². The fourth-order valence-electron chi connectivity index (χ4n) is 3.07. The molecule has 0 atom stereocenters. The summed E-state index contributed by atoms with van der Waals surface area (Å²) in [5.41, 5.74) is 0.266. The van der Waals surface area contributed by atoms with Crippen molar-refractivity contribution in [3.8, 4) is 11.5 Å². The van der Waals surface area contributed by atoms with E-state index in [-0.39, 0.29) is 40.8 Å². The van der Waals surface area contributed by atoms with Crippen molar-refractivity contribution in [3.05, 3.63) is 23.8 Å². The number of carbonyl (C=O) groups excluding carboxylic acids is 2. The van der Waals surface area contributed by atoms with Gasteiger partial charge in [0.1, 0.15) is 0 Å². The molecule has 2 aliphatic rings. The molecule has 1 saturated heterocycles. The van der Waals surface area contributed by atoms with E-state index < -0.39 is 6.61 Å². The maximum atomic E-state index is 12.6. The highest BCUT2D eigenvalue weighted by Gasteiger charge is 2.32. The average molecular weight is 368 g/mol. The topological polar surface area (TPSA) is 67.9 Å². The Morgan fingerprint density at radius 3 is 2.42 bits per heavy atom. The van der Waals surface area contributed by atoms with Crippen molar-refractivity contribution in [1.29, 1.82) is 0 Å². The quantitative estimate of drug-likeness (QED) is 0.837. The van der Waals surface area contributed by atoms with Gasteiger partial charge in [0.25, 0.3) is 5.91 Å². The van der Waals surface area contributed by atoms with Gasteiger partial charge in [-0.25, -0.2) is 0 Å². The van der Waals surface area contributed by atoms with E-state index in [2.05, 4.69) is 10.1 Å². The van der Waals surface area contributed by atoms with Crippen LogP contribution in [-0.4, -0.2) is 49.6 Å². The summed E-state index contributed by atoms with van der Waals surface area (Å²) in [5.74, 6) is 0.00274. The molecule has 0 bridgehead atoms.